The second kappa shape index (κ2) is 9.56. The molecule has 0 fully saturated rings. The first-order valence-corrected chi connectivity index (χ1v) is 10.9. The molecule has 0 radical (unpaired) electrons. The fourth-order valence-corrected chi connectivity index (χ4v) is 4.58. The highest BCUT2D eigenvalue weighted by Gasteiger charge is 2.26. The van der Waals surface area contributed by atoms with Gasteiger partial charge < -0.3 is 9.47 Å². The van der Waals surface area contributed by atoms with Gasteiger partial charge in [0, 0.05) is 23.5 Å². The highest BCUT2D eigenvalue weighted by atomic mass is 79.9. The summed E-state index contributed by atoms with van der Waals surface area (Å²) in [5, 5.41) is 2.07. The summed E-state index contributed by atoms with van der Waals surface area (Å²) in [7, 11) is -2.22. The molecule has 0 spiro atoms. The molecule has 0 aliphatic rings. The highest BCUT2D eigenvalue weighted by molar-refractivity contribution is 9.10. The predicted molar refractivity (Wildman–Crippen MR) is 102 cm³/mol. The molecule has 0 aliphatic carbocycles. The summed E-state index contributed by atoms with van der Waals surface area (Å²) < 4.78 is 37.9. The summed E-state index contributed by atoms with van der Waals surface area (Å²) in [5.74, 6) is -0.519. The number of nitrogens with zero attached hydrogens (tertiary/aromatic N) is 2. The molecule has 0 saturated heterocycles. The van der Waals surface area contributed by atoms with Crippen LogP contribution in [0, 0.1) is 0 Å². The van der Waals surface area contributed by atoms with Crippen molar-refractivity contribution in [2.75, 3.05) is 26.9 Å². The van der Waals surface area contributed by atoms with Gasteiger partial charge in [-0.3, -0.25) is 0 Å². The van der Waals surface area contributed by atoms with Crippen LogP contribution in [0.2, 0.25) is 0 Å². The molecular formula is C16H19BrN2O5S2. The van der Waals surface area contributed by atoms with Gasteiger partial charge in [0.25, 0.3) is 0 Å². The molecule has 0 bridgehead atoms. The number of methoxy groups -OCH3 is 1. The summed E-state index contributed by atoms with van der Waals surface area (Å²) in [4.78, 5) is 16.1. The van der Waals surface area contributed by atoms with E-state index in [4.69, 9.17) is 9.47 Å². The van der Waals surface area contributed by atoms with E-state index in [9.17, 15) is 13.2 Å². The van der Waals surface area contributed by atoms with Crippen molar-refractivity contribution in [2.45, 2.75) is 18.4 Å². The van der Waals surface area contributed by atoms with Gasteiger partial charge in [0.15, 0.2) is 5.69 Å². The third-order valence-corrected chi connectivity index (χ3v) is 6.57. The molecule has 0 aliphatic heterocycles. The minimum Gasteiger partial charge on any atom is -0.461 e. The lowest BCUT2D eigenvalue weighted by molar-refractivity contribution is 0.0520. The minimum atomic E-state index is -3.73. The number of thiazole rings is 1. The Morgan fingerprint density at radius 3 is 2.62 bits per heavy atom. The molecule has 1 aromatic heterocycles. The molecule has 2 rings (SSSR count). The Balaban J connectivity index is 2.24. The SMILES string of the molecule is CCOC(=O)c1csc(CN(CCOC)S(=O)(=O)c2ccc(Br)cc2)n1. The number of sulfonamides is 1. The van der Waals surface area contributed by atoms with Crippen LogP contribution in [-0.4, -0.2) is 50.5 Å². The van der Waals surface area contributed by atoms with Crippen LogP contribution in [0.4, 0.5) is 0 Å². The smallest absolute Gasteiger partial charge is 0.357 e. The number of halogens is 1. The van der Waals surface area contributed by atoms with Crippen LogP contribution in [0.15, 0.2) is 39.0 Å². The third-order valence-electron chi connectivity index (χ3n) is 3.34. The molecular weight excluding hydrogens is 444 g/mol. The number of carbonyl (C=O) groups excluding carboxylic acids is 1. The molecule has 7 nitrogen and oxygen atoms in total. The fourth-order valence-electron chi connectivity index (χ4n) is 2.07. The van der Waals surface area contributed by atoms with E-state index in [1.807, 2.05) is 0 Å². The number of hydrogen-bond acceptors (Lipinski definition) is 7. The van der Waals surface area contributed by atoms with E-state index in [-0.39, 0.29) is 36.9 Å². The molecule has 142 valence electrons. The number of rotatable bonds is 9. The molecule has 2 aromatic rings. The van der Waals surface area contributed by atoms with Crippen LogP contribution in [0.5, 0.6) is 0 Å². The fraction of sp³-hybridized carbons (Fsp3) is 0.375. The first-order valence-electron chi connectivity index (χ1n) is 7.74. The van der Waals surface area contributed by atoms with Crippen LogP contribution in [0.3, 0.4) is 0 Å². The summed E-state index contributed by atoms with van der Waals surface area (Å²) in [5.41, 5.74) is 0.180. The van der Waals surface area contributed by atoms with Gasteiger partial charge in [-0.1, -0.05) is 15.9 Å². The van der Waals surface area contributed by atoms with Crippen LogP contribution in [0.1, 0.15) is 22.4 Å². The summed E-state index contributed by atoms with van der Waals surface area (Å²) in [6.45, 7) is 2.42. The van der Waals surface area contributed by atoms with E-state index in [2.05, 4.69) is 20.9 Å². The first kappa shape index (κ1) is 21.0. The molecule has 0 atom stereocenters. The molecule has 0 unspecified atom stereocenters. The number of aromatic nitrogens is 1. The van der Waals surface area contributed by atoms with Gasteiger partial charge in [0.05, 0.1) is 24.7 Å². The number of ether oxygens (including phenoxy) is 2. The third kappa shape index (κ3) is 5.34. The maximum absolute atomic E-state index is 12.9. The van der Waals surface area contributed by atoms with Crippen molar-refractivity contribution < 1.29 is 22.7 Å². The van der Waals surface area contributed by atoms with E-state index in [0.717, 1.165) is 4.47 Å². The second-order valence-corrected chi connectivity index (χ2v) is 8.93. The van der Waals surface area contributed by atoms with Crippen LogP contribution in [0.25, 0.3) is 0 Å². The van der Waals surface area contributed by atoms with Crippen molar-refractivity contribution in [3.05, 3.63) is 44.8 Å². The Labute approximate surface area is 165 Å². The second-order valence-electron chi connectivity index (χ2n) is 5.13. The molecule has 1 aromatic carbocycles. The normalized spacial score (nSPS) is 11.7. The standard InChI is InChI=1S/C16H19BrN2O5S2/c1-3-24-16(20)14-11-25-15(18-14)10-19(8-9-23-2)26(21,22)13-6-4-12(17)5-7-13/h4-7,11H,3,8-10H2,1-2H3. The topological polar surface area (TPSA) is 85.8 Å². The van der Waals surface area contributed by atoms with Crippen molar-refractivity contribution in [1.82, 2.24) is 9.29 Å². The maximum atomic E-state index is 12.9. The lowest BCUT2D eigenvalue weighted by Crippen LogP contribution is -2.33. The average molecular weight is 463 g/mol. The molecule has 10 heteroatoms. The largest absolute Gasteiger partial charge is 0.461 e. The van der Waals surface area contributed by atoms with Crippen molar-refractivity contribution in [3.63, 3.8) is 0 Å². The van der Waals surface area contributed by atoms with Gasteiger partial charge >= 0.3 is 5.97 Å². The molecule has 0 amide bonds. The summed E-state index contributed by atoms with van der Waals surface area (Å²) in [6, 6.07) is 6.41. The number of benzene rings is 1. The minimum absolute atomic E-state index is 0.0474. The van der Waals surface area contributed by atoms with Gasteiger partial charge in [-0.2, -0.15) is 4.31 Å². The van der Waals surface area contributed by atoms with Crippen LogP contribution in [-0.2, 0) is 26.0 Å². The Bertz CT molecular complexity index is 837. The van der Waals surface area contributed by atoms with E-state index in [0.29, 0.717) is 5.01 Å². The highest BCUT2D eigenvalue weighted by Crippen LogP contribution is 2.22. The Kier molecular flexibility index (Phi) is 7.71. The lowest BCUT2D eigenvalue weighted by Gasteiger charge is -2.21. The maximum Gasteiger partial charge on any atom is 0.357 e. The zero-order valence-electron chi connectivity index (χ0n) is 14.3. The average Bonchev–Trinajstić information content (AvgIpc) is 3.08. The lowest BCUT2D eigenvalue weighted by atomic mass is 10.4. The molecule has 0 saturated carbocycles. The van der Waals surface area contributed by atoms with Crippen LogP contribution < -0.4 is 0 Å². The molecule has 0 N–H and O–H groups in total. The Morgan fingerprint density at radius 2 is 2.00 bits per heavy atom. The van der Waals surface area contributed by atoms with E-state index in [1.54, 1.807) is 24.4 Å². The van der Waals surface area contributed by atoms with Crippen molar-refractivity contribution in [3.8, 4) is 0 Å². The predicted octanol–water partition coefficient (Wildman–Crippen LogP) is 2.92. The van der Waals surface area contributed by atoms with Gasteiger partial charge in [0.2, 0.25) is 10.0 Å². The van der Waals surface area contributed by atoms with Crippen LogP contribution >= 0.6 is 27.3 Å². The molecule has 26 heavy (non-hydrogen) atoms. The quantitative estimate of drug-likeness (QED) is 0.532. The number of carbonyl (C=O) groups is 1. The van der Waals surface area contributed by atoms with Gasteiger partial charge in [-0.15, -0.1) is 11.3 Å². The van der Waals surface area contributed by atoms with Gasteiger partial charge in [0.1, 0.15) is 5.01 Å². The zero-order valence-corrected chi connectivity index (χ0v) is 17.6. The zero-order chi connectivity index (χ0) is 19.2. The van der Waals surface area contributed by atoms with E-state index < -0.39 is 16.0 Å². The van der Waals surface area contributed by atoms with Gasteiger partial charge in [-0.25, -0.2) is 18.2 Å². The molecule has 1 heterocycles. The first-order chi connectivity index (χ1) is 12.4. The van der Waals surface area contributed by atoms with E-state index in [1.165, 1.54) is 34.9 Å². The number of hydrogen-bond donors (Lipinski definition) is 0. The Morgan fingerprint density at radius 1 is 1.31 bits per heavy atom. The summed E-state index contributed by atoms with van der Waals surface area (Å²) in [6.07, 6.45) is 0. The number of esters is 1. The van der Waals surface area contributed by atoms with Crippen molar-refractivity contribution in [1.29, 1.82) is 0 Å². The van der Waals surface area contributed by atoms with E-state index >= 15 is 0 Å². The Hall–Kier alpha value is -1.33. The monoisotopic (exact) mass is 462 g/mol. The van der Waals surface area contributed by atoms with Crippen molar-refractivity contribution >= 4 is 43.3 Å². The van der Waals surface area contributed by atoms with Gasteiger partial charge in [-0.05, 0) is 31.2 Å². The summed E-state index contributed by atoms with van der Waals surface area (Å²) >= 11 is 4.51. The van der Waals surface area contributed by atoms with Crippen molar-refractivity contribution in [2.24, 2.45) is 0 Å².